The molecule has 0 aliphatic carbocycles. The van der Waals surface area contributed by atoms with Crippen LogP contribution in [0.3, 0.4) is 0 Å². The quantitative estimate of drug-likeness (QED) is 0.814. The number of sulfonamides is 1. The number of benzene rings is 2. The van der Waals surface area contributed by atoms with Crippen molar-refractivity contribution in [3.63, 3.8) is 0 Å². The van der Waals surface area contributed by atoms with Gasteiger partial charge in [-0.05, 0) is 43.3 Å². The molecule has 0 saturated carbocycles. The standard InChI is InChI=1S/C15H19N3O4S2/c1-12-4-10-15(11-5-12)23(19,20)16-13-6-8-14(9-7-13)17-24(21,22)18(2)3/h4-11,16-17H,1-3H3. The molecule has 0 amide bonds. The summed E-state index contributed by atoms with van der Waals surface area (Å²) < 4.78 is 53.9. The summed E-state index contributed by atoms with van der Waals surface area (Å²) in [6, 6.07) is 12.4. The lowest BCUT2D eigenvalue weighted by Gasteiger charge is -2.14. The summed E-state index contributed by atoms with van der Waals surface area (Å²) in [5.41, 5.74) is 1.64. The maximum Gasteiger partial charge on any atom is 0.301 e. The van der Waals surface area contributed by atoms with Gasteiger partial charge < -0.3 is 0 Å². The Morgan fingerprint density at radius 2 is 1.21 bits per heavy atom. The predicted octanol–water partition coefficient (Wildman–Crippen LogP) is 2.01. The summed E-state index contributed by atoms with van der Waals surface area (Å²) in [6.07, 6.45) is 0. The fourth-order valence-electron chi connectivity index (χ4n) is 1.78. The molecule has 0 heterocycles. The van der Waals surface area contributed by atoms with Gasteiger partial charge in [0.2, 0.25) is 0 Å². The zero-order valence-corrected chi connectivity index (χ0v) is 15.1. The summed E-state index contributed by atoms with van der Waals surface area (Å²) in [4.78, 5) is 0.158. The van der Waals surface area contributed by atoms with Crippen LogP contribution in [0.15, 0.2) is 53.4 Å². The van der Waals surface area contributed by atoms with Gasteiger partial charge in [0.05, 0.1) is 4.90 Å². The van der Waals surface area contributed by atoms with Gasteiger partial charge in [-0.2, -0.15) is 12.7 Å². The Morgan fingerprint density at radius 1 is 0.750 bits per heavy atom. The van der Waals surface area contributed by atoms with Crippen LogP contribution < -0.4 is 9.44 Å². The predicted molar refractivity (Wildman–Crippen MR) is 94.7 cm³/mol. The Labute approximate surface area is 142 Å². The first kappa shape index (κ1) is 18.2. The van der Waals surface area contributed by atoms with Gasteiger partial charge in [0.1, 0.15) is 0 Å². The molecule has 2 rings (SSSR count). The van der Waals surface area contributed by atoms with E-state index in [0.717, 1.165) is 9.87 Å². The first-order valence-corrected chi connectivity index (χ1v) is 9.92. The number of anilines is 2. The highest BCUT2D eigenvalue weighted by atomic mass is 32.2. The minimum Gasteiger partial charge on any atom is -0.280 e. The Balaban J connectivity index is 2.15. The molecule has 130 valence electrons. The molecule has 24 heavy (non-hydrogen) atoms. The number of aryl methyl sites for hydroxylation is 1. The smallest absolute Gasteiger partial charge is 0.280 e. The molecule has 0 unspecified atom stereocenters. The maximum atomic E-state index is 12.3. The lowest BCUT2D eigenvalue weighted by Crippen LogP contribution is -2.28. The van der Waals surface area contributed by atoms with Crippen molar-refractivity contribution >= 4 is 31.6 Å². The van der Waals surface area contributed by atoms with Crippen molar-refractivity contribution in [2.24, 2.45) is 0 Å². The zero-order chi connectivity index (χ0) is 18.0. The topological polar surface area (TPSA) is 95.6 Å². The van der Waals surface area contributed by atoms with Gasteiger partial charge in [-0.15, -0.1) is 0 Å². The molecule has 2 N–H and O–H groups in total. The van der Waals surface area contributed by atoms with Crippen molar-refractivity contribution in [1.82, 2.24) is 4.31 Å². The number of nitrogens with one attached hydrogen (secondary N) is 2. The highest BCUT2D eigenvalue weighted by Crippen LogP contribution is 2.19. The van der Waals surface area contributed by atoms with E-state index in [1.165, 1.54) is 50.5 Å². The molecule has 0 aliphatic heterocycles. The lowest BCUT2D eigenvalue weighted by molar-refractivity contribution is 0.527. The van der Waals surface area contributed by atoms with Gasteiger partial charge in [-0.25, -0.2) is 8.42 Å². The van der Waals surface area contributed by atoms with E-state index < -0.39 is 20.2 Å². The minimum absolute atomic E-state index is 0.158. The average molecular weight is 369 g/mol. The molecule has 0 fully saturated rings. The van der Waals surface area contributed by atoms with E-state index >= 15 is 0 Å². The first-order valence-electron chi connectivity index (χ1n) is 7.00. The largest absolute Gasteiger partial charge is 0.301 e. The molecule has 0 saturated heterocycles. The van der Waals surface area contributed by atoms with Crippen molar-refractivity contribution in [2.75, 3.05) is 23.5 Å². The van der Waals surface area contributed by atoms with Crippen LogP contribution in [-0.4, -0.2) is 35.2 Å². The third-order valence-corrected chi connectivity index (χ3v) is 6.05. The molecule has 9 heteroatoms. The van der Waals surface area contributed by atoms with Crippen LogP contribution >= 0.6 is 0 Å². The molecular weight excluding hydrogens is 350 g/mol. The highest BCUT2D eigenvalue weighted by molar-refractivity contribution is 7.92. The number of hydrogen-bond donors (Lipinski definition) is 2. The van der Waals surface area contributed by atoms with Crippen molar-refractivity contribution < 1.29 is 16.8 Å². The Hall–Kier alpha value is -2.10. The van der Waals surface area contributed by atoms with Gasteiger partial charge in [-0.1, -0.05) is 17.7 Å². The van der Waals surface area contributed by atoms with E-state index in [4.69, 9.17) is 0 Å². The third-order valence-electron chi connectivity index (χ3n) is 3.20. The fourth-order valence-corrected chi connectivity index (χ4v) is 3.45. The molecule has 7 nitrogen and oxygen atoms in total. The van der Waals surface area contributed by atoms with E-state index in [0.29, 0.717) is 11.4 Å². The summed E-state index contributed by atoms with van der Waals surface area (Å²) in [5, 5.41) is 0. The second kappa shape index (κ2) is 6.80. The second-order valence-corrected chi connectivity index (χ2v) is 8.95. The van der Waals surface area contributed by atoms with Gasteiger partial charge >= 0.3 is 10.2 Å². The zero-order valence-electron chi connectivity index (χ0n) is 13.5. The third kappa shape index (κ3) is 4.47. The van der Waals surface area contributed by atoms with E-state index in [-0.39, 0.29) is 4.90 Å². The Kier molecular flexibility index (Phi) is 5.16. The molecule has 0 atom stereocenters. The average Bonchev–Trinajstić information content (AvgIpc) is 2.49. The Morgan fingerprint density at radius 3 is 1.67 bits per heavy atom. The molecule has 0 radical (unpaired) electrons. The number of nitrogens with zero attached hydrogens (tertiary/aromatic N) is 1. The van der Waals surface area contributed by atoms with Gasteiger partial charge in [0.15, 0.2) is 0 Å². The van der Waals surface area contributed by atoms with Gasteiger partial charge in [-0.3, -0.25) is 9.44 Å². The van der Waals surface area contributed by atoms with Crippen LogP contribution in [0.4, 0.5) is 11.4 Å². The monoisotopic (exact) mass is 369 g/mol. The summed E-state index contributed by atoms with van der Waals surface area (Å²) in [6.45, 7) is 1.87. The molecule has 2 aromatic carbocycles. The molecule has 0 spiro atoms. The van der Waals surface area contributed by atoms with Crippen molar-refractivity contribution in [3.8, 4) is 0 Å². The van der Waals surface area contributed by atoms with Crippen molar-refractivity contribution in [3.05, 3.63) is 54.1 Å². The van der Waals surface area contributed by atoms with Gasteiger partial charge in [0, 0.05) is 25.5 Å². The lowest BCUT2D eigenvalue weighted by atomic mass is 10.2. The van der Waals surface area contributed by atoms with E-state index in [9.17, 15) is 16.8 Å². The van der Waals surface area contributed by atoms with Gasteiger partial charge in [0.25, 0.3) is 10.0 Å². The van der Waals surface area contributed by atoms with Crippen LogP contribution in [0.1, 0.15) is 5.56 Å². The number of hydrogen-bond acceptors (Lipinski definition) is 4. The van der Waals surface area contributed by atoms with E-state index in [1.54, 1.807) is 12.1 Å². The molecule has 0 aliphatic rings. The van der Waals surface area contributed by atoms with Crippen LogP contribution in [0.5, 0.6) is 0 Å². The molecule has 0 bridgehead atoms. The Bertz CT molecular complexity index is 904. The maximum absolute atomic E-state index is 12.3. The van der Waals surface area contributed by atoms with E-state index in [2.05, 4.69) is 9.44 Å². The van der Waals surface area contributed by atoms with Crippen molar-refractivity contribution in [2.45, 2.75) is 11.8 Å². The normalized spacial score (nSPS) is 12.2. The summed E-state index contributed by atoms with van der Waals surface area (Å²) >= 11 is 0. The SMILES string of the molecule is Cc1ccc(S(=O)(=O)Nc2ccc(NS(=O)(=O)N(C)C)cc2)cc1. The van der Waals surface area contributed by atoms with Crippen LogP contribution in [0.25, 0.3) is 0 Å². The molecule has 2 aromatic rings. The highest BCUT2D eigenvalue weighted by Gasteiger charge is 2.15. The van der Waals surface area contributed by atoms with Crippen molar-refractivity contribution in [1.29, 1.82) is 0 Å². The second-order valence-electron chi connectivity index (χ2n) is 5.39. The van der Waals surface area contributed by atoms with Crippen LogP contribution in [-0.2, 0) is 20.2 Å². The fraction of sp³-hybridized carbons (Fsp3) is 0.200. The number of rotatable bonds is 6. The first-order chi connectivity index (χ1) is 11.1. The van der Waals surface area contributed by atoms with E-state index in [1.807, 2.05) is 6.92 Å². The summed E-state index contributed by atoms with van der Waals surface area (Å²) in [5.74, 6) is 0. The molecular formula is C15H19N3O4S2. The van der Waals surface area contributed by atoms with Crippen LogP contribution in [0, 0.1) is 6.92 Å². The molecule has 0 aromatic heterocycles. The minimum atomic E-state index is -3.69. The van der Waals surface area contributed by atoms with Crippen LogP contribution in [0.2, 0.25) is 0 Å². The summed E-state index contributed by atoms with van der Waals surface area (Å²) in [7, 11) is -4.47.